The third kappa shape index (κ3) is 4.69. The van der Waals surface area contributed by atoms with Gasteiger partial charge in [0.25, 0.3) is 0 Å². The van der Waals surface area contributed by atoms with E-state index in [0.29, 0.717) is 21.7 Å². The number of carbonyl (C=O) groups excluding carboxylic acids is 1. The molecule has 2 aromatic heterocycles. The molecule has 0 unspecified atom stereocenters. The second kappa shape index (κ2) is 8.42. The van der Waals surface area contributed by atoms with Gasteiger partial charge in [0.2, 0.25) is 0 Å². The van der Waals surface area contributed by atoms with Crippen LogP contribution in [0.1, 0.15) is 28.4 Å². The molecular formula is C18H18F3N5OS. The first-order valence-corrected chi connectivity index (χ1v) is 9.17. The lowest BCUT2D eigenvalue weighted by molar-refractivity contribution is 0.0652. The Morgan fingerprint density at radius 2 is 2.14 bits per heavy atom. The van der Waals surface area contributed by atoms with Gasteiger partial charge in [0.05, 0.1) is 6.54 Å². The van der Waals surface area contributed by atoms with Gasteiger partial charge in [-0.2, -0.15) is 8.78 Å². The number of thiazole rings is 1. The summed E-state index contributed by atoms with van der Waals surface area (Å²) in [6.07, 6.45) is 4.52. The highest BCUT2D eigenvalue weighted by molar-refractivity contribution is 7.15. The van der Waals surface area contributed by atoms with E-state index < -0.39 is 12.6 Å². The molecule has 2 amide bonds. The van der Waals surface area contributed by atoms with E-state index >= 15 is 0 Å². The van der Waals surface area contributed by atoms with Crippen LogP contribution < -0.4 is 5.32 Å². The largest absolute Gasteiger partial charge is 0.323 e. The molecule has 0 radical (unpaired) electrons. The molecule has 6 nitrogen and oxygen atoms in total. The van der Waals surface area contributed by atoms with Crippen LogP contribution in [-0.2, 0) is 13.0 Å². The Kier molecular flexibility index (Phi) is 5.98. The summed E-state index contributed by atoms with van der Waals surface area (Å²) in [4.78, 5) is 22.4. The standard InChI is InChI=1S/C18H18F3N5OS/c1-11-3-4-12(8-14(11)19)7-13-9-23-17(28-13)24-18(27)25(2)10-15-22-5-6-26(15)16(20)21/h3-6,8-9,16H,7,10H2,1-2H3,(H,23,24,27). The number of rotatable bonds is 6. The quantitative estimate of drug-likeness (QED) is 0.655. The Morgan fingerprint density at radius 3 is 2.86 bits per heavy atom. The molecule has 0 fully saturated rings. The minimum atomic E-state index is -2.72. The fourth-order valence-corrected chi connectivity index (χ4v) is 3.35. The zero-order chi connectivity index (χ0) is 20.3. The summed E-state index contributed by atoms with van der Waals surface area (Å²) in [6.45, 7) is -1.10. The first-order valence-electron chi connectivity index (χ1n) is 8.35. The molecule has 2 heterocycles. The third-order valence-electron chi connectivity index (χ3n) is 4.07. The van der Waals surface area contributed by atoms with Crippen LogP contribution in [0.4, 0.5) is 23.1 Å². The van der Waals surface area contributed by atoms with Gasteiger partial charge in [0.1, 0.15) is 11.6 Å². The predicted octanol–water partition coefficient (Wildman–Crippen LogP) is 4.44. The number of halogens is 3. The summed E-state index contributed by atoms with van der Waals surface area (Å²) in [5.41, 5.74) is 1.39. The van der Waals surface area contributed by atoms with Crippen molar-refractivity contribution >= 4 is 22.5 Å². The number of imidazole rings is 1. The van der Waals surface area contributed by atoms with E-state index in [1.807, 2.05) is 6.07 Å². The highest BCUT2D eigenvalue weighted by Crippen LogP contribution is 2.22. The Labute approximate surface area is 163 Å². The molecule has 0 spiro atoms. The number of aryl methyl sites for hydroxylation is 1. The maximum Gasteiger partial charge on any atom is 0.323 e. The summed E-state index contributed by atoms with van der Waals surface area (Å²) >= 11 is 1.27. The minimum absolute atomic E-state index is 0.0777. The van der Waals surface area contributed by atoms with Crippen LogP contribution in [0.15, 0.2) is 36.8 Å². The van der Waals surface area contributed by atoms with E-state index in [-0.39, 0.29) is 18.2 Å². The first-order chi connectivity index (χ1) is 13.3. The number of amides is 2. The maximum atomic E-state index is 13.7. The number of benzene rings is 1. The lowest BCUT2D eigenvalue weighted by Gasteiger charge is -2.17. The van der Waals surface area contributed by atoms with Crippen molar-refractivity contribution in [3.8, 4) is 0 Å². The molecule has 0 aliphatic heterocycles. The maximum absolute atomic E-state index is 13.7. The van der Waals surface area contributed by atoms with Crippen molar-refractivity contribution < 1.29 is 18.0 Å². The topological polar surface area (TPSA) is 63.1 Å². The molecule has 0 atom stereocenters. The number of hydrogen-bond acceptors (Lipinski definition) is 4. The number of nitrogens with zero attached hydrogens (tertiary/aromatic N) is 4. The summed E-state index contributed by atoms with van der Waals surface area (Å²) in [7, 11) is 1.48. The van der Waals surface area contributed by atoms with Crippen molar-refractivity contribution in [2.75, 3.05) is 12.4 Å². The SMILES string of the molecule is Cc1ccc(Cc2cnc(NC(=O)N(C)Cc3nccn3C(F)F)s2)cc1F. The molecule has 0 aliphatic carbocycles. The van der Waals surface area contributed by atoms with E-state index in [1.165, 1.54) is 35.5 Å². The van der Waals surface area contributed by atoms with Gasteiger partial charge < -0.3 is 4.90 Å². The van der Waals surface area contributed by atoms with Crippen LogP contribution in [0.25, 0.3) is 0 Å². The monoisotopic (exact) mass is 409 g/mol. The summed E-state index contributed by atoms with van der Waals surface area (Å²) in [5.74, 6) is -0.187. The second-order valence-electron chi connectivity index (χ2n) is 6.21. The number of anilines is 1. The number of aromatic nitrogens is 3. The van der Waals surface area contributed by atoms with Gasteiger partial charge in [-0.15, -0.1) is 11.3 Å². The lowest BCUT2D eigenvalue weighted by Crippen LogP contribution is -2.31. The van der Waals surface area contributed by atoms with Gasteiger partial charge in [-0.25, -0.2) is 19.2 Å². The lowest BCUT2D eigenvalue weighted by atomic mass is 10.1. The van der Waals surface area contributed by atoms with Crippen LogP contribution >= 0.6 is 11.3 Å². The van der Waals surface area contributed by atoms with Gasteiger partial charge >= 0.3 is 12.6 Å². The minimum Gasteiger partial charge on any atom is -0.320 e. The highest BCUT2D eigenvalue weighted by Gasteiger charge is 2.17. The van der Waals surface area contributed by atoms with Gasteiger partial charge in [-0.3, -0.25) is 9.88 Å². The van der Waals surface area contributed by atoms with Crippen molar-refractivity contribution in [1.82, 2.24) is 19.4 Å². The molecule has 0 saturated heterocycles. The van der Waals surface area contributed by atoms with Crippen LogP contribution in [0.3, 0.4) is 0 Å². The third-order valence-corrected chi connectivity index (χ3v) is 4.98. The zero-order valence-electron chi connectivity index (χ0n) is 15.2. The van der Waals surface area contributed by atoms with E-state index in [2.05, 4.69) is 15.3 Å². The molecule has 0 aliphatic rings. The van der Waals surface area contributed by atoms with Crippen LogP contribution in [-0.4, -0.2) is 32.5 Å². The van der Waals surface area contributed by atoms with Gasteiger partial charge in [-0.1, -0.05) is 12.1 Å². The second-order valence-corrected chi connectivity index (χ2v) is 7.32. The molecule has 28 heavy (non-hydrogen) atoms. The number of urea groups is 1. The number of hydrogen-bond donors (Lipinski definition) is 1. The fraction of sp³-hybridized carbons (Fsp3) is 0.278. The average molecular weight is 409 g/mol. The van der Waals surface area contributed by atoms with Crippen molar-refractivity contribution in [2.24, 2.45) is 0 Å². The first kappa shape index (κ1) is 19.9. The molecule has 148 valence electrons. The van der Waals surface area contributed by atoms with Gasteiger partial charge in [0.15, 0.2) is 5.13 Å². The van der Waals surface area contributed by atoms with Crippen molar-refractivity contribution in [2.45, 2.75) is 26.4 Å². The number of alkyl halides is 2. The van der Waals surface area contributed by atoms with E-state index in [1.54, 1.807) is 19.2 Å². The Balaban J connectivity index is 1.60. The summed E-state index contributed by atoms with van der Waals surface area (Å²) in [6, 6.07) is 4.54. The number of carbonyl (C=O) groups is 1. The van der Waals surface area contributed by atoms with Crippen molar-refractivity contribution in [1.29, 1.82) is 0 Å². The van der Waals surface area contributed by atoms with E-state index in [9.17, 15) is 18.0 Å². The smallest absolute Gasteiger partial charge is 0.320 e. The normalized spacial score (nSPS) is 11.1. The van der Waals surface area contributed by atoms with Crippen LogP contribution in [0.2, 0.25) is 0 Å². The Morgan fingerprint density at radius 1 is 1.36 bits per heavy atom. The molecular weight excluding hydrogens is 391 g/mol. The van der Waals surface area contributed by atoms with Crippen LogP contribution in [0.5, 0.6) is 0 Å². The summed E-state index contributed by atoms with van der Waals surface area (Å²) < 4.78 is 40.1. The molecule has 3 rings (SSSR count). The molecule has 0 bridgehead atoms. The molecule has 1 N–H and O–H groups in total. The zero-order valence-corrected chi connectivity index (χ0v) is 16.0. The molecule has 10 heteroatoms. The van der Waals surface area contributed by atoms with Crippen molar-refractivity contribution in [3.63, 3.8) is 0 Å². The van der Waals surface area contributed by atoms with Gasteiger partial charge in [-0.05, 0) is 24.1 Å². The van der Waals surface area contributed by atoms with E-state index in [0.717, 1.165) is 16.6 Å². The summed E-state index contributed by atoms with van der Waals surface area (Å²) in [5, 5.41) is 3.00. The molecule has 0 saturated carbocycles. The number of nitrogens with one attached hydrogen (secondary N) is 1. The molecule has 3 aromatic rings. The molecule has 1 aromatic carbocycles. The predicted molar refractivity (Wildman–Crippen MR) is 100 cm³/mol. The van der Waals surface area contributed by atoms with Crippen molar-refractivity contribution in [3.05, 3.63) is 64.4 Å². The Hall–Kier alpha value is -2.88. The van der Waals surface area contributed by atoms with E-state index in [4.69, 9.17) is 0 Å². The van der Waals surface area contributed by atoms with Gasteiger partial charge in [0, 0.05) is 36.9 Å². The van der Waals surface area contributed by atoms with Crippen LogP contribution in [0, 0.1) is 12.7 Å². The average Bonchev–Trinajstić information content (AvgIpc) is 3.27. The highest BCUT2D eigenvalue weighted by atomic mass is 32.1. The fourth-order valence-electron chi connectivity index (χ4n) is 2.51. The Bertz CT molecular complexity index is 972.